The molecule has 2 aromatic heterocycles. The number of esters is 1. The molecule has 2 aromatic rings. The Labute approximate surface area is 107 Å². The van der Waals surface area contributed by atoms with Gasteiger partial charge in [-0.3, -0.25) is 4.98 Å². The second-order valence-electron chi connectivity index (χ2n) is 3.25. The molecule has 88 valence electrons. The van der Waals surface area contributed by atoms with Gasteiger partial charge in [0.05, 0.1) is 10.7 Å². The summed E-state index contributed by atoms with van der Waals surface area (Å²) < 4.78 is 5.11. The van der Waals surface area contributed by atoms with Crippen LogP contribution in [-0.4, -0.2) is 11.0 Å². The van der Waals surface area contributed by atoms with Crippen molar-refractivity contribution >= 4 is 34.6 Å². The average Bonchev–Trinajstić information content (AvgIpc) is 2.74. The third kappa shape index (κ3) is 2.75. The van der Waals surface area contributed by atoms with E-state index in [2.05, 4.69) is 4.98 Å². The number of nitrogens with zero attached hydrogens (tertiary/aromatic N) is 1. The molecule has 0 aliphatic rings. The van der Waals surface area contributed by atoms with E-state index in [4.69, 9.17) is 22.1 Å². The summed E-state index contributed by atoms with van der Waals surface area (Å²) >= 11 is 7.14. The highest BCUT2D eigenvalue weighted by atomic mass is 35.5. The van der Waals surface area contributed by atoms with Crippen LogP contribution < -0.4 is 5.73 Å². The molecule has 0 saturated carbocycles. The number of rotatable bonds is 3. The molecule has 0 saturated heterocycles. The van der Waals surface area contributed by atoms with Crippen LogP contribution in [-0.2, 0) is 11.3 Å². The Morgan fingerprint density at radius 1 is 1.53 bits per heavy atom. The maximum absolute atomic E-state index is 11.7. The van der Waals surface area contributed by atoms with E-state index in [0.717, 1.165) is 0 Å². The summed E-state index contributed by atoms with van der Waals surface area (Å²) in [5.74, 6) is -0.439. The van der Waals surface area contributed by atoms with Gasteiger partial charge in [-0.05, 0) is 17.5 Å². The first-order valence-corrected chi connectivity index (χ1v) is 6.02. The van der Waals surface area contributed by atoms with Gasteiger partial charge in [-0.2, -0.15) is 0 Å². The van der Waals surface area contributed by atoms with Gasteiger partial charge >= 0.3 is 5.97 Å². The van der Waals surface area contributed by atoms with Crippen LogP contribution in [0.4, 0.5) is 5.69 Å². The maximum atomic E-state index is 11.7. The Morgan fingerprint density at radius 2 is 2.35 bits per heavy atom. The zero-order chi connectivity index (χ0) is 12.3. The second-order valence-corrected chi connectivity index (χ2v) is 4.57. The van der Waals surface area contributed by atoms with Gasteiger partial charge in [-0.25, -0.2) is 4.79 Å². The summed E-state index contributed by atoms with van der Waals surface area (Å²) in [6.45, 7) is 0.109. The molecule has 0 radical (unpaired) electrons. The molecule has 6 heteroatoms. The van der Waals surface area contributed by atoms with Crippen molar-refractivity contribution < 1.29 is 9.53 Å². The quantitative estimate of drug-likeness (QED) is 0.870. The minimum atomic E-state index is -0.439. The molecule has 2 rings (SSSR count). The number of halogens is 1. The van der Waals surface area contributed by atoms with Gasteiger partial charge in [0.2, 0.25) is 0 Å². The summed E-state index contributed by atoms with van der Waals surface area (Å²) in [5, 5.41) is 2.21. The van der Waals surface area contributed by atoms with E-state index in [1.807, 2.05) is 0 Å². The predicted molar refractivity (Wildman–Crippen MR) is 67.1 cm³/mol. The number of carbonyl (C=O) groups is 1. The van der Waals surface area contributed by atoms with E-state index >= 15 is 0 Å². The maximum Gasteiger partial charge on any atom is 0.350 e. The van der Waals surface area contributed by atoms with Gasteiger partial charge in [0.15, 0.2) is 0 Å². The Hall–Kier alpha value is -1.59. The SMILES string of the molecule is Nc1ccsc1C(=O)OCc1ccncc1Cl. The Bertz CT molecular complexity index is 542. The molecule has 4 nitrogen and oxygen atoms in total. The monoisotopic (exact) mass is 268 g/mol. The summed E-state index contributed by atoms with van der Waals surface area (Å²) in [5.41, 5.74) is 6.76. The molecule has 0 aliphatic heterocycles. The normalized spacial score (nSPS) is 10.2. The number of hydrogen-bond acceptors (Lipinski definition) is 5. The van der Waals surface area contributed by atoms with E-state index in [9.17, 15) is 4.79 Å². The number of hydrogen-bond donors (Lipinski definition) is 1. The number of thiophene rings is 1. The number of ether oxygens (including phenoxy) is 1. The van der Waals surface area contributed by atoms with E-state index in [0.29, 0.717) is 21.2 Å². The number of nitrogen functional groups attached to an aromatic ring is 1. The Balaban J connectivity index is 2.02. The fraction of sp³-hybridized carbons (Fsp3) is 0.0909. The van der Waals surface area contributed by atoms with Gasteiger partial charge in [-0.15, -0.1) is 11.3 Å². The third-order valence-corrected chi connectivity index (χ3v) is 3.35. The predicted octanol–water partition coefficient (Wildman–Crippen LogP) is 2.74. The largest absolute Gasteiger partial charge is 0.457 e. The van der Waals surface area contributed by atoms with Crippen molar-refractivity contribution in [1.82, 2.24) is 4.98 Å². The van der Waals surface area contributed by atoms with Crippen LogP contribution in [0.25, 0.3) is 0 Å². The van der Waals surface area contributed by atoms with Crippen LogP contribution in [0.2, 0.25) is 5.02 Å². The molecule has 17 heavy (non-hydrogen) atoms. The molecule has 2 N–H and O–H groups in total. The highest BCUT2D eigenvalue weighted by Crippen LogP contribution is 2.21. The van der Waals surface area contributed by atoms with Gasteiger partial charge in [-0.1, -0.05) is 11.6 Å². The van der Waals surface area contributed by atoms with Gasteiger partial charge in [0, 0.05) is 18.0 Å². The first kappa shape index (κ1) is 11.9. The number of nitrogens with two attached hydrogens (primary N) is 1. The Kier molecular flexibility index (Phi) is 3.61. The van der Waals surface area contributed by atoms with E-state index in [1.54, 1.807) is 23.7 Å². The summed E-state index contributed by atoms with van der Waals surface area (Å²) in [7, 11) is 0. The van der Waals surface area contributed by atoms with Gasteiger partial charge in [0.25, 0.3) is 0 Å². The summed E-state index contributed by atoms with van der Waals surface area (Å²) in [4.78, 5) is 15.9. The number of carbonyl (C=O) groups excluding carboxylic acids is 1. The molecule has 0 bridgehead atoms. The highest BCUT2D eigenvalue weighted by molar-refractivity contribution is 7.12. The minimum Gasteiger partial charge on any atom is -0.457 e. The number of anilines is 1. The van der Waals surface area contributed by atoms with Crippen molar-refractivity contribution in [3.05, 3.63) is 45.4 Å². The van der Waals surface area contributed by atoms with E-state index in [-0.39, 0.29) is 6.61 Å². The van der Waals surface area contributed by atoms with E-state index < -0.39 is 5.97 Å². The standard InChI is InChI=1S/C11H9ClN2O2S/c12-8-5-14-3-1-7(8)6-16-11(15)10-9(13)2-4-17-10/h1-5H,6,13H2. The smallest absolute Gasteiger partial charge is 0.350 e. The lowest BCUT2D eigenvalue weighted by Crippen LogP contribution is -2.05. The van der Waals surface area contributed by atoms with Gasteiger partial charge in [0.1, 0.15) is 11.5 Å². The lowest BCUT2D eigenvalue weighted by atomic mass is 10.3. The molecule has 0 unspecified atom stereocenters. The molecular weight excluding hydrogens is 260 g/mol. The first-order valence-electron chi connectivity index (χ1n) is 4.77. The molecule has 0 aromatic carbocycles. The lowest BCUT2D eigenvalue weighted by molar-refractivity contribution is 0.0480. The van der Waals surface area contributed by atoms with Crippen molar-refractivity contribution in [3.8, 4) is 0 Å². The molecule has 0 atom stereocenters. The molecule has 0 aliphatic carbocycles. The van der Waals surface area contributed by atoms with Crippen LogP contribution in [0.3, 0.4) is 0 Å². The Morgan fingerprint density at radius 3 is 3.00 bits per heavy atom. The molecule has 0 spiro atoms. The zero-order valence-electron chi connectivity index (χ0n) is 8.72. The number of pyridine rings is 1. The van der Waals surface area contributed by atoms with Crippen LogP contribution in [0, 0.1) is 0 Å². The van der Waals surface area contributed by atoms with Crippen molar-refractivity contribution in [2.45, 2.75) is 6.61 Å². The van der Waals surface area contributed by atoms with Crippen LogP contribution in [0.1, 0.15) is 15.2 Å². The van der Waals surface area contributed by atoms with Crippen LogP contribution in [0.5, 0.6) is 0 Å². The van der Waals surface area contributed by atoms with Crippen molar-refractivity contribution in [2.75, 3.05) is 5.73 Å². The zero-order valence-corrected chi connectivity index (χ0v) is 10.3. The number of aromatic nitrogens is 1. The second kappa shape index (κ2) is 5.16. The fourth-order valence-corrected chi connectivity index (χ4v) is 2.10. The topological polar surface area (TPSA) is 65.2 Å². The van der Waals surface area contributed by atoms with Gasteiger partial charge < -0.3 is 10.5 Å². The lowest BCUT2D eigenvalue weighted by Gasteiger charge is -2.05. The third-order valence-electron chi connectivity index (χ3n) is 2.10. The molecule has 2 heterocycles. The summed E-state index contributed by atoms with van der Waals surface area (Å²) in [6.07, 6.45) is 3.10. The van der Waals surface area contributed by atoms with Crippen LogP contribution >= 0.6 is 22.9 Å². The van der Waals surface area contributed by atoms with Crippen molar-refractivity contribution in [2.24, 2.45) is 0 Å². The van der Waals surface area contributed by atoms with E-state index in [1.165, 1.54) is 17.5 Å². The summed E-state index contributed by atoms with van der Waals surface area (Å²) in [6, 6.07) is 3.37. The minimum absolute atomic E-state index is 0.109. The van der Waals surface area contributed by atoms with Crippen LogP contribution in [0.15, 0.2) is 29.9 Å². The van der Waals surface area contributed by atoms with Crippen molar-refractivity contribution in [1.29, 1.82) is 0 Å². The molecule has 0 amide bonds. The fourth-order valence-electron chi connectivity index (χ4n) is 1.21. The molecule has 0 fully saturated rings. The van der Waals surface area contributed by atoms with Crippen molar-refractivity contribution in [3.63, 3.8) is 0 Å². The average molecular weight is 269 g/mol. The first-order chi connectivity index (χ1) is 8.18. The molecular formula is C11H9ClN2O2S. The highest BCUT2D eigenvalue weighted by Gasteiger charge is 2.13.